The van der Waals surface area contributed by atoms with Crippen molar-refractivity contribution in [1.82, 2.24) is 4.90 Å². The van der Waals surface area contributed by atoms with Gasteiger partial charge in [-0.1, -0.05) is 6.92 Å². The standard InChI is InChI=1S/C10H16N2/c1-2-9(3-6-11)12-7-10(8-12)4-5-10/h9H,2-5,7-8H2,1H3. The summed E-state index contributed by atoms with van der Waals surface area (Å²) in [5.41, 5.74) is 0.739. The van der Waals surface area contributed by atoms with Crippen molar-refractivity contribution in [3.05, 3.63) is 0 Å². The summed E-state index contributed by atoms with van der Waals surface area (Å²) in [6, 6.07) is 2.82. The number of rotatable bonds is 3. The molecule has 1 unspecified atom stereocenters. The normalized spacial score (nSPS) is 27.7. The minimum absolute atomic E-state index is 0.543. The van der Waals surface area contributed by atoms with Crippen LogP contribution in [0.5, 0.6) is 0 Å². The van der Waals surface area contributed by atoms with Crippen LogP contribution in [0, 0.1) is 16.7 Å². The van der Waals surface area contributed by atoms with E-state index in [9.17, 15) is 0 Å². The first-order chi connectivity index (χ1) is 5.79. The molecule has 1 aliphatic carbocycles. The molecule has 0 aromatic heterocycles. The van der Waals surface area contributed by atoms with Crippen LogP contribution in [0.15, 0.2) is 0 Å². The first-order valence-electron chi connectivity index (χ1n) is 4.91. The van der Waals surface area contributed by atoms with Crippen LogP contribution in [0.4, 0.5) is 0 Å². The summed E-state index contributed by atoms with van der Waals surface area (Å²) in [5.74, 6) is 0. The van der Waals surface area contributed by atoms with Crippen molar-refractivity contribution >= 4 is 0 Å². The van der Waals surface area contributed by atoms with E-state index in [0.29, 0.717) is 12.5 Å². The smallest absolute Gasteiger partial charge is 0.0638 e. The molecule has 1 atom stereocenters. The van der Waals surface area contributed by atoms with Crippen LogP contribution in [-0.2, 0) is 0 Å². The zero-order valence-corrected chi connectivity index (χ0v) is 7.71. The lowest BCUT2D eigenvalue weighted by Gasteiger charge is -2.44. The third kappa shape index (κ3) is 1.23. The summed E-state index contributed by atoms with van der Waals surface area (Å²) in [6.07, 6.45) is 4.72. The largest absolute Gasteiger partial charge is 0.298 e. The average molecular weight is 164 g/mol. The Hall–Kier alpha value is -0.550. The summed E-state index contributed by atoms with van der Waals surface area (Å²) < 4.78 is 0. The topological polar surface area (TPSA) is 27.0 Å². The van der Waals surface area contributed by atoms with Gasteiger partial charge in [0.15, 0.2) is 0 Å². The van der Waals surface area contributed by atoms with Crippen molar-refractivity contribution in [1.29, 1.82) is 5.26 Å². The van der Waals surface area contributed by atoms with Gasteiger partial charge < -0.3 is 0 Å². The van der Waals surface area contributed by atoms with Gasteiger partial charge in [0.1, 0.15) is 0 Å². The van der Waals surface area contributed by atoms with E-state index < -0.39 is 0 Å². The van der Waals surface area contributed by atoms with E-state index in [1.54, 1.807) is 0 Å². The molecule has 2 fully saturated rings. The number of nitriles is 1. The minimum Gasteiger partial charge on any atom is -0.298 e. The molecule has 12 heavy (non-hydrogen) atoms. The lowest BCUT2D eigenvalue weighted by Crippen LogP contribution is -2.53. The first kappa shape index (κ1) is 8.07. The van der Waals surface area contributed by atoms with Gasteiger partial charge in [-0.15, -0.1) is 0 Å². The van der Waals surface area contributed by atoms with E-state index in [1.807, 2.05) is 0 Å². The van der Waals surface area contributed by atoms with E-state index >= 15 is 0 Å². The Morgan fingerprint density at radius 2 is 2.17 bits per heavy atom. The summed E-state index contributed by atoms with van der Waals surface area (Å²) in [6.45, 7) is 4.72. The maximum Gasteiger partial charge on any atom is 0.0638 e. The van der Waals surface area contributed by atoms with Crippen LogP contribution in [0.3, 0.4) is 0 Å². The Labute approximate surface area is 74.2 Å². The van der Waals surface area contributed by atoms with Crippen LogP contribution in [0.1, 0.15) is 32.6 Å². The second kappa shape index (κ2) is 2.74. The summed E-state index contributed by atoms with van der Waals surface area (Å²) in [5, 5.41) is 8.61. The predicted octanol–water partition coefficient (Wildman–Crippen LogP) is 1.77. The molecule has 1 aliphatic heterocycles. The van der Waals surface area contributed by atoms with E-state index in [-0.39, 0.29) is 0 Å². The zero-order chi connectivity index (χ0) is 8.60. The van der Waals surface area contributed by atoms with Gasteiger partial charge in [0.2, 0.25) is 0 Å². The lowest BCUT2D eigenvalue weighted by atomic mass is 9.93. The third-order valence-electron chi connectivity index (χ3n) is 3.35. The highest BCUT2D eigenvalue weighted by molar-refractivity contribution is 5.07. The van der Waals surface area contributed by atoms with Gasteiger partial charge in [0.05, 0.1) is 12.5 Å². The van der Waals surface area contributed by atoms with Gasteiger partial charge >= 0.3 is 0 Å². The molecule has 2 aliphatic rings. The molecule has 0 amide bonds. The molecule has 2 heteroatoms. The molecule has 66 valence electrons. The molecule has 1 spiro atoms. The molecule has 0 bridgehead atoms. The Balaban J connectivity index is 1.80. The van der Waals surface area contributed by atoms with E-state index in [4.69, 9.17) is 5.26 Å². The predicted molar refractivity (Wildman–Crippen MR) is 47.5 cm³/mol. The molecule has 0 aromatic rings. The Bertz CT molecular complexity index is 204. The van der Waals surface area contributed by atoms with Gasteiger partial charge in [-0.3, -0.25) is 4.90 Å². The number of nitrogens with zero attached hydrogens (tertiary/aromatic N) is 2. The maximum absolute atomic E-state index is 8.61. The fraction of sp³-hybridized carbons (Fsp3) is 0.900. The third-order valence-corrected chi connectivity index (χ3v) is 3.35. The van der Waals surface area contributed by atoms with Crippen molar-refractivity contribution in [3.8, 4) is 6.07 Å². The molecule has 1 saturated heterocycles. The molecule has 0 radical (unpaired) electrons. The summed E-state index contributed by atoms with van der Waals surface area (Å²) in [7, 11) is 0. The Morgan fingerprint density at radius 3 is 2.58 bits per heavy atom. The van der Waals surface area contributed by atoms with E-state index in [0.717, 1.165) is 11.8 Å². The maximum atomic E-state index is 8.61. The molecule has 0 N–H and O–H groups in total. The molecule has 2 rings (SSSR count). The molecule has 0 aromatic carbocycles. The average Bonchev–Trinajstić information content (AvgIpc) is 2.77. The minimum atomic E-state index is 0.543. The SMILES string of the molecule is CCC(CC#N)N1CC2(CC2)C1. The van der Waals surface area contributed by atoms with Crippen molar-refractivity contribution in [3.63, 3.8) is 0 Å². The van der Waals surface area contributed by atoms with E-state index in [2.05, 4.69) is 17.9 Å². The Morgan fingerprint density at radius 1 is 1.50 bits per heavy atom. The molecular formula is C10H16N2. The van der Waals surface area contributed by atoms with Crippen LogP contribution in [0.2, 0.25) is 0 Å². The molecule has 1 heterocycles. The number of hydrogen-bond donors (Lipinski definition) is 0. The second-order valence-corrected chi connectivity index (χ2v) is 4.33. The first-order valence-corrected chi connectivity index (χ1v) is 4.91. The van der Waals surface area contributed by atoms with Crippen molar-refractivity contribution in [2.75, 3.05) is 13.1 Å². The monoisotopic (exact) mass is 164 g/mol. The fourth-order valence-electron chi connectivity index (χ4n) is 2.20. The van der Waals surface area contributed by atoms with Crippen LogP contribution in [-0.4, -0.2) is 24.0 Å². The molecular weight excluding hydrogens is 148 g/mol. The lowest BCUT2D eigenvalue weighted by molar-refractivity contribution is 0.0362. The van der Waals surface area contributed by atoms with Gasteiger partial charge in [-0.05, 0) is 24.7 Å². The Kier molecular flexibility index (Phi) is 1.84. The highest BCUT2D eigenvalue weighted by Crippen LogP contribution is 2.53. The number of likely N-dealkylation sites (tertiary alicyclic amines) is 1. The van der Waals surface area contributed by atoms with Crippen molar-refractivity contribution < 1.29 is 0 Å². The fourth-order valence-corrected chi connectivity index (χ4v) is 2.20. The summed E-state index contributed by atoms with van der Waals surface area (Å²) in [4.78, 5) is 2.48. The van der Waals surface area contributed by atoms with Crippen LogP contribution >= 0.6 is 0 Å². The zero-order valence-electron chi connectivity index (χ0n) is 7.71. The van der Waals surface area contributed by atoms with Crippen molar-refractivity contribution in [2.24, 2.45) is 5.41 Å². The quantitative estimate of drug-likeness (QED) is 0.635. The highest BCUT2D eigenvalue weighted by atomic mass is 15.2. The second-order valence-electron chi connectivity index (χ2n) is 4.33. The van der Waals surface area contributed by atoms with Gasteiger partial charge in [0, 0.05) is 19.1 Å². The van der Waals surface area contributed by atoms with Crippen molar-refractivity contribution in [2.45, 2.75) is 38.6 Å². The van der Waals surface area contributed by atoms with E-state index in [1.165, 1.54) is 25.9 Å². The van der Waals surface area contributed by atoms with Gasteiger partial charge in [-0.25, -0.2) is 0 Å². The van der Waals surface area contributed by atoms with Gasteiger partial charge in [0.25, 0.3) is 0 Å². The summed E-state index contributed by atoms with van der Waals surface area (Å²) >= 11 is 0. The number of hydrogen-bond acceptors (Lipinski definition) is 2. The van der Waals surface area contributed by atoms with Gasteiger partial charge in [-0.2, -0.15) is 5.26 Å². The molecule has 1 saturated carbocycles. The highest BCUT2D eigenvalue weighted by Gasteiger charge is 2.53. The molecule has 2 nitrogen and oxygen atoms in total. The van der Waals surface area contributed by atoms with Crippen LogP contribution < -0.4 is 0 Å². The van der Waals surface area contributed by atoms with Crippen LogP contribution in [0.25, 0.3) is 0 Å².